The standard InChI is InChI=1S/C16H25N3O2/c1-3-21-16(20)14-12-13(17)6-7-15(14)18(2)10-11-19-8-4-5-9-19/h6-7,12H,3-5,8-11,17H2,1-2H3. The normalized spacial score (nSPS) is 15.1. The Morgan fingerprint density at radius 3 is 2.76 bits per heavy atom. The smallest absolute Gasteiger partial charge is 0.340 e. The Morgan fingerprint density at radius 2 is 2.10 bits per heavy atom. The molecule has 5 nitrogen and oxygen atoms in total. The molecule has 0 aromatic heterocycles. The van der Waals surface area contributed by atoms with E-state index >= 15 is 0 Å². The van der Waals surface area contributed by atoms with Gasteiger partial charge in [-0.2, -0.15) is 0 Å². The minimum Gasteiger partial charge on any atom is -0.462 e. The Bertz CT molecular complexity index is 484. The minimum atomic E-state index is -0.312. The minimum absolute atomic E-state index is 0.312. The molecule has 0 radical (unpaired) electrons. The number of carbonyl (C=O) groups excluding carboxylic acids is 1. The first kappa shape index (κ1) is 15.6. The van der Waals surface area contributed by atoms with Gasteiger partial charge in [0.15, 0.2) is 0 Å². The molecule has 1 heterocycles. The zero-order valence-electron chi connectivity index (χ0n) is 13.0. The van der Waals surface area contributed by atoms with Crippen LogP contribution in [0.1, 0.15) is 30.1 Å². The summed E-state index contributed by atoms with van der Waals surface area (Å²) in [5.41, 5.74) is 7.80. The van der Waals surface area contributed by atoms with Gasteiger partial charge >= 0.3 is 5.97 Å². The summed E-state index contributed by atoms with van der Waals surface area (Å²) in [5.74, 6) is -0.312. The Labute approximate surface area is 126 Å². The molecule has 0 unspecified atom stereocenters. The molecular formula is C16H25N3O2. The highest BCUT2D eigenvalue weighted by Crippen LogP contribution is 2.23. The van der Waals surface area contributed by atoms with Crippen LogP contribution in [-0.4, -0.2) is 50.7 Å². The number of benzene rings is 1. The van der Waals surface area contributed by atoms with Crippen LogP contribution in [0.2, 0.25) is 0 Å². The summed E-state index contributed by atoms with van der Waals surface area (Å²) in [6.07, 6.45) is 2.58. The molecule has 0 spiro atoms. The van der Waals surface area contributed by atoms with Crippen molar-refractivity contribution in [1.29, 1.82) is 0 Å². The van der Waals surface area contributed by atoms with Crippen molar-refractivity contribution < 1.29 is 9.53 Å². The van der Waals surface area contributed by atoms with E-state index in [9.17, 15) is 4.79 Å². The first-order chi connectivity index (χ1) is 10.1. The largest absolute Gasteiger partial charge is 0.462 e. The number of likely N-dealkylation sites (tertiary alicyclic amines) is 1. The summed E-state index contributed by atoms with van der Waals surface area (Å²) in [6.45, 7) is 6.44. The van der Waals surface area contributed by atoms with E-state index in [1.165, 1.54) is 25.9 Å². The molecule has 116 valence electrons. The number of carbonyl (C=O) groups is 1. The molecule has 0 aliphatic carbocycles. The molecule has 0 saturated carbocycles. The van der Waals surface area contributed by atoms with Crippen molar-refractivity contribution in [2.24, 2.45) is 0 Å². The summed E-state index contributed by atoms with van der Waals surface area (Å²) in [4.78, 5) is 16.6. The van der Waals surface area contributed by atoms with Crippen molar-refractivity contribution in [3.63, 3.8) is 0 Å². The zero-order valence-corrected chi connectivity index (χ0v) is 13.0. The zero-order chi connectivity index (χ0) is 15.2. The molecule has 1 aromatic rings. The number of likely N-dealkylation sites (N-methyl/N-ethyl adjacent to an activating group) is 1. The third kappa shape index (κ3) is 4.11. The molecule has 5 heteroatoms. The number of nitrogens with two attached hydrogens (primary N) is 1. The van der Waals surface area contributed by atoms with Crippen LogP contribution in [0.5, 0.6) is 0 Å². The number of hydrogen-bond donors (Lipinski definition) is 1. The average molecular weight is 291 g/mol. The molecule has 1 aliphatic rings. The van der Waals surface area contributed by atoms with Gasteiger partial charge in [-0.05, 0) is 51.1 Å². The van der Waals surface area contributed by atoms with Crippen molar-refractivity contribution in [3.8, 4) is 0 Å². The number of nitrogens with zero attached hydrogens (tertiary/aromatic N) is 2. The monoisotopic (exact) mass is 291 g/mol. The second kappa shape index (κ2) is 7.31. The van der Waals surface area contributed by atoms with Crippen molar-refractivity contribution in [2.45, 2.75) is 19.8 Å². The number of hydrogen-bond acceptors (Lipinski definition) is 5. The molecule has 1 saturated heterocycles. The quantitative estimate of drug-likeness (QED) is 0.641. The highest BCUT2D eigenvalue weighted by atomic mass is 16.5. The van der Waals surface area contributed by atoms with E-state index in [2.05, 4.69) is 9.80 Å². The Kier molecular flexibility index (Phi) is 5.44. The fraction of sp³-hybridized carbons (Fsp3) is 0.562. The van der Waals surface area contributed by atoms with Gasteiger partial charge in [0.25, 0.3) is 0 Å². The summed E-state index contributed by atoms with van der Waals surface area (Å²) in [5, 5.41) is 0. The summed E-state index contributed by atoms with van der Waals surface area (Å²) in [6, 6.07) is 5.41. The molecule has 2 N–H and O–H groups in total. The van der Waals surface area contributed by atoms with E-state index in [0.717, 1.165) is 18.8 Å². The first-order valence-corrected chi connectivity index (χ1v) is 7.62. The highest BCUT2D eigenvalue weighted by Gasteiger charge is 2.17. The van der Waals surface area contributed by atoms with E-state index in [0.29, 0.717) is 17.9 Å². The molecule has 21 heavy (non-hydrogen) atoms. The van der Waals surface area contributed by atoms with E-state index < -0.39 is 0 Å². The van der Waals surface area contributed by atoms with Crippen molar-refractivity contribution in [1.82, 2.24) is 4.90 Å². The van der Waals surface area contributed by atoms with Crippen LogP contribution in [-0.2, 0) is 4.74 Å². The van der Waals surface area contributed by atoms with Crippen LogP contribution in [0.4, 0.5) is 11.4 Å². The highest BCUT2D eigenvalue weighted by molar-refractivity contribution is 5.97. The van der Waals surface area contributed by atoms with Gasteiger partial charge in [-0.1, -0.05) is 0 Å². The average Bonchev–Trinajstić information content (AvgIpc) is 2.98. The summed E-state index contributed by atoms with van der Waals surface area (Å²) < 4.78 is 5.12. The number of rotatable bonds is 6. The van der Waals surface area contributed by atoms with Crippen LogP contribution in [0.25, 0.3) is 0 Å². The fourth-order valence-electron chi connectivity index (χ4n) is 2.68. The van der Waals surface area contributed by atoms with Gasteiger partial charge in [0.05, 0.1) is 17.9 Å². The second-order valence-electron chi connectivity index (χ2n) is 5.47. The number of anilines is 2. The number of ether oxygens (including phenoxy) is 1. The summed E-state index contributed by atoms with van der Waals surface area (Å²) in [7, 11) is 2.00. The lowest BCUT2D eigenvalue weighted by atomic mass is 10.1. The topological polar surface area (TPSA) is 58.8 Å². The predicted octanol–water partition coefficient (Wildman–Crippen LogP) is 1.98. The van der Waals surface area contributed by atoms with Gasteiger partial charge in [-0.25, -0.2) is 4.79 Å². The maximum atomic E-state index is 12.1. The molecule has 0 atom stereocenters. The van der Waals surface area contributed by atoms with E-state index in [-0.39, 0.29) is 5.97 Å². The maximum absolute atomic E-state index is 12.1. The third-order valence-electron chi connectivity index (χ3n) is 3.88. The van der Waals surface area contributed by atoms with Crippen LogP contribution in [0, 0.1) is 0 Å². The van der Waals surface area contributed by atoms with Gasteiger partial charge in [0, 0.05) is 25.8 Å². The van der Waals surface area contributed by atoms with Gasteiger partial charge < -0.3 is 20.3 Å². The third-order valence-corrected chi connectivity index (χ3v) is 3.88. The molecule has 0 amide bonds. The van der Waals surface area contributed by atoms with Crippen LogP contribution >= 0.6 is 0 Å². The van der Waals surface area contributed by atoms with Gasteiger partial charge in [-0.15, -0.1) is 0 Å². The lowest BCUT2D eigenvalue weighted by molar-refractivity contribution is 0.0527. The SMILES string of the molecule is CCOC(=O)c1cc(N)ccc1N(C)CCN1CCCC1. The Hall–Kier alpha value is -1.75. The maximum Gasteiger partial charge on any atom is 0.340 e. The number of esters is 1. The first-order valence-electron chi connectivity index (χ1n) is 7.62. The van der Waals surface area contributed by atoms with Crippen molar-refractivity contribution >= 4 is 17.3 Å². The Morgan fingerprint density at radius 1 is 1.38 bits per heavy atom. The lowest BCUT2D eigenvalue weighted by Crippen LogP contribution is -2.32. The van der Waals surface area contributed by atoms with Crippen molar-refractivity contribution in [2.75, 3.05) is 50.5 Å². The van der Waals surface area contributed by atoms with E-state index in [1.54, 1.807) is 13.0 Å². The molecular weight excluding hydrogens is 266 g/mol. The van der Waals surface area contributed by atoms with Crippen LogP contribution in [0.15, 0.2) is 18.2 Å². The molecule has 0 bridgehead atoms. The molecule has 2 rings (SSSR count). The van der Waals surface area contributed by atoms with Crippen LogP contribution < -0.4 is 10.6 Å². The molecule has 1 aliphatic heterocycles. The predicted molar refractivity (Wildman–Crippen MR) is 85.8 cm³/mol. The van der Waals surface area contributed by atoms with E-state index in [4.69, 9.17) is 10.5 Å². The Balaban J connectivity index is 2.07. The molecule has 1 aromatic carbocycles. The fourth-order valence-corrected chi connectivity index (χ4v) is 2.68. The van der Waals surface area contributed by atoms with E-state index in [1.807, 2.05) is 19.2 Å². The van der Waals surface area contributed by atoms with Crippen LogP contribution in [0.3, 0.4) is 0 Å². The number of nitrogen functional groups attached to an aromatic ring is 1. The van der Waals surface area contributed by atoms with Gasteiger partial charge in [0.1, 0.15) is 0 Å². The van der Waals surface area contributed by atoms with Gasteiger partial charge in [0.2, 0.25) is 0 Å². The van der Waals surface area contributed by atoms with Gasteiger partial charge in [-0.3, -0.25) is 0 Å². The van der Waals surface area contributed by atoms with Crippen molar-refractivity contribution in [3.05, 3.63) is 23.8 Å². The second-order valence-corrected chi connectivity index (χ2v) is 5.47. The lowest BCUT2D eigenvalue weighted by Gasteiger charge is -2.25. The summed E-state index contributed by atoms with van der Waals surface area (Å²) >= 11 is 0. The molecule has 1 fully saturated rings.